The molecule has 0 radical (unpaired) electrons. The summed E-state index contributed by atoms with van der Waals surface area (Å²) in [5.41, 5.74) is 3.11. The summed E-state index contributed by atoms with van der Waals surface area (Å²) in [5, 5.41) is 11.3. The Morgan fingerprint density at radius 3 is 2.27 bits per heavy atom. The third-order valence-electron chi connectivity index (χ3n) is 6.51. The van der Waals surface area contributed by atoms with Crippen LogP contribution in [-0.4, -0.2) is 47.4 Å². The van der Waals surface area contributed by atoms with E-state index >= 15 is 0 Å². The summed E-state index contributed by atoms with van der Waals surface area (Å²) >= 11 is 0. The lowest BCUT2D eigenvalue weighted by Gasteiger charge is -2.26. The van der Waals surface area contributed by atoms with Crippen LogP contribution in [0.3, 0.4) is 0 Å². The maximum Gasteiger partial charge on any atom is 0.295 e. The topological polar surface area (TPSA) is 83.0 Å². The normalized spacial score (nSPS) is 16.7. The summed E-state index contributed by atoms with van der Waals surface area (Å²) in [4.78, 5) is 34.1. The largest absolute Gasteiger partial charge is 0.507 e. The number of carbonyl (C=O) groups excluding carboxylic acids is 2. The van der Waals surface area contributed by atoms with E-state index in [0.29, 0.717) is 17.9 Å². The van der Waals surface area contributed by atoms with Gasteiger partial charge >= 0.3 is 0 Å². The molecule has 0 saturated carbocycles. The van der Waals surface area contributed by atoms with Crippen LogP contribution < -0.4 is 9.64 Å². The maximum absolute atomic E-state index is 13.3. The van der Waals surface area contributed by atoms with Gasteiger partial charge < -0.3 is 19.6 Å². The molecule has 4 rings (SSSR count). The Labute approximate surface area is 218 Å². The van der Waals surface area contributed by atoms with Crippen LogP contribution in [0.25, 0.3) is 5.76 Å². The summed E-state index contributed by atoms with van der Waals surface area (Å²) < 4.78 is 5.77. The van der Waals surface area contributed by atoms with E-state index in [-0.39, 0.29) is 17.9 Å². The van der Waals surface area contributed by atoms with Gasteiger partial charge in [0, 0.05) is 44.3 Å². The van der Waals surface area contributed by atoms with Crippen molar-refractivity contribution in [3.05, 3.63) is 95.3 Å². The number of benzene rings is 2. The SMILES string of the molecule is CCCCCOc1ccc(/C(O)=C2/C(=O)C(=O)N(Cc3ccncc3)C2c2ccc(N(C)C)cc2)cc1. The van der Waals surface area contributed by atoms with Crippen molar-refractivity contribution in [1.82, 2.24) is 9.88 Å². The molecule has 0 bridgehead atoms. The molecule has 2 aromatic carbocycles. The van der Waals surface area contributed by atoms with Crippen molar-refractivity contribution < 1.29 is 19.4 Å². The van der Waals surface area contributed by atoms with Gasteiger partial charge in [-0.3, -0.25) is 14.6 Å². The number of amides is 1. The van der Waals surface area contributed by atoms with Crippen molar-refractivity contribution >= 4 is 23.1 Å². The average molecular weight is 500 g/mol. The van der Waals surface area contributed by atoms with Crippen molar-refractivity contribution in [2.24, 2.45) is 0 Å². The fraction of sp³-hybridized carbons (Fsp3) is 0.300. The van der Waals surface area contributed by atoms with E-state index in [4.69, 9.17) is 4.74 Å². The van der Waals surface area contributed by atoms with Crippen molar-refractivity contribution in [1.29, 1.82) is 0 Å². The number of rotatable bonds is 10. The number of unbranched alkanes of at least 4 members (excludes halogenated alkanes) is 2. The lowest BCUT2D eigenvalue weighted by Crippen LogP contribution is -2.29. The standard InChI is InChI=1S/C30H33N3O4/c1-4-5-6-19-37-25-13-9-23(10-14-25)28(34)26-27(22-7-11-24(12-8-22)32(2)3)33(30(36)29(26)35)20-21-15-17-31-18-16-21/h7-18,27,34H,4-6,19-20H2,1-3H3/b28-26-. The number of hydrogen-bond donors (Lipinski definition) is 1. The number of ketones is 1. The molecule has 1 fully saturated rings. The van der Waals surface area contributed by atoms with Gasteiger partial charge in [0.15, 0.2) is 0 Å². The van der Waals surface area contributed by atoms with Crippen molar-refractivity contribution in [3.8, 4) is 5.75 Å². The summed E-state index contributed by atoms with van der Waals surface area (Å²) in [6, 6.07) is 17.5. The van der Waals surface area contributed by atoms with Gasteiger partial charge in [0.25, 0.3) is 11.7 Å². The number of pyridine rings is 1. The van der Waals surface area contributed by atoms with Crippen LogP contribution in [0.1, 0.15) is 48.9 Å². The van der Waals surface area contributed by atoms with E-state index in [1.165, 1.54) is 4.90 Å². The summed E-state index contributed by atoms with van der Waals surface area (Å²) in [6.45, 7) is 2.99. The molecule has 192 valence electrons. The number of aliphatic hydroxyl groups excluding tert-OH is 1. The third kappa shape index (κ3) is 5.82. The quantitative estimate of drug-likeness (QED) is 0.176. The van der Waals surface area contributed by atoms with Crippen LogP contribution in [0, 0.1) is 0 Å². The molecule has 2 heterocycles. The Morgan fingerprint density at radius 1 is 0.973 bits per heavy atom. The molecule has 37 heavy (non-hydrogen) atoms. The van der Waals surface area contributed by atoms with Crippen LogP contribution in [0.2, 0.25) is 0 Å². The second-order valence-electron chi connectivity index (χ2n) is 9.35. The molecule has 0 spiro atoms. The highest BCUT2D eigenvalue weighted by Crippen LogP contribution is 2.40. The van der Waals surface area contributed by atoms with E-state index in [2.05, 4.69) is 11.9 Å². The molecule has 1 unspecified atom stereocenters. The highest BCUT2D eigenvalue weighted by atomic mass is 16.5. The lowest BCUT2D eigenvalue weighted by molar-refractivity contribution is -0.140. The Bertz CT molecular complexity index is 1250. The Balaban J connectivity index is 1.71. The van der Waals surface area contributed by atoms with Gasteiger partial charge in [0.2, 0.25) is 0 Å². The van der Waals surface area contributed by atoms with Crippen LogP contribution in [0.5, 0.6) is 5.75 Å². The summed E-state index contributed by atoms with van der Waals surface area (Å²) in [7, 11) is 3.89. The van der Waals surface area contributed by atoms with Gasteiger partial charge in [-0.05, 0) is 66.1 Å². The molecule has 1 aromatic heterocycles. The molecule has 0 aliphatic carbocycles. The lowest BCUT2D eigenvalue weighted by atomic mass is 9.95. The number of ether oxygens (including phenoxy) is 1. The fourth-order valence-corrected chi connectivity index (χ4v) is 4.44. The average Bonchev–Trinajstić information content (AvgIpc) is 3.16. The molecule has 1 amide bonds. The molecule has 7 nitrogen and oxygen atoms in total. The van der Waals surface area contributed by atoms with E-state index in [1.54, 1.807) is 36.7 Å². The molecule has 1 N–H and O–H groups in total. The first-order valence-electron chi connectivity index (χ1n) is 12.6. The minimum atomic E-state index is -0.727. The molecule has 1 saturated heterocycles. The minimum Gasteiger partial charge on any atom is -0.507 e. The molecule has 3 aromatic rings. The number of likely N-dealkylation sites (tertiary alicyclic amines) is 1. The monoisotopic (exact) mass is 499 g/mol. The number of anilines is 1. The van der Waals surface area contributed by atoms with Gasteiger partial charge in [-0.2, -0.15) is 0 Å². The Kier molecular flexibility index (Phi) is 8.23. The third-order valence-corrected chi connectivity index (χ3v) is 6.51. The molecule has 7 heteroatoms. The predicted octanol–water partition coefficient (Wildman–Crippen LogP) is 5.34. The number of hydrogen-bond acceptors (Lipinski definition) is 6. The van der Waals surface area contributed by atoms with Crippen molar-refractivity contribution in [2.75, 3.05) is 25.6 Å². The second-order valence-corrected chi connectivity index (χ2v) is 9.35. The van der Waals surface area contributed by atoms with Crippen LogP contribution in [-0.2, 0) is 16.1 Å². The number of aliphatic hydroxyl groups is 1. The zero-order chi connectivity index (χ0) is 26.4. The van der Waals surface area contributed by atoms with Gasteiger partial charge in [0.05, 0.1) is 18.2 Å². The second kappa shape index (κ2) is 11.7. The predicted molar refractivity (Wildman–Crippen MR) is 144 cm³/mol. The van der Waals surface area contributed by atoms with E-state index in [9.17, 15) is 14.7 Å². The van der Waals surface area contributed by atoms with Gasteiger partial charge in [0.1, 0.15) is 11.5 Å². The highest BCUT2D eigenvalue weighted by Gasteiger charge is 2.46. The van der Waals surface area contributed by atoms with E-state index in [1.807, 2.05) is 55.4 Å². The molecule has 1 aliphatic rings. The van der Waals surface area contributed by atoms with Gasteiger partial charge in [-0.25, -0.2) is 0 Å². The number of carbonyl (C=O) groups is 2. The summed E-state index contributed by atoms with van der Waals surface area (Å²) in [5.74, 6) is -0.847. The van der Waals surface area contributed by atoms with Crippen molar-refractivity contribution in [2.45, 2.75) is 38.8 Å². The Morgan fingerprint density at radius 2 is 1.65 bits per heavy atom. The maximum atomic E-state index is 13.3. The smallest absolute Gasteiger partial charge is 0.295 e. The van der Waals surface area contributed by atoms with Gasteiger partial charge in [-0.1, -0.05) is 31.9 Å². The van der Waals surface area contributed by atoms with E-state index in [0.717, 1.165) is 36.1 Å². The Hall–Kier alpha value is -4.13. The highest BCUT2D eigenvalue weighted by molar-refractivity contribution is 6.46. The minimum absolute atomic E-state index is 0.0771. The first-order valence-corrected chi connectivity index (χ1v) is 12.6. The van der Waals surface area contributed by atoms with Crippen LogP contribution >= 0.6 is 0 Å². The fourth-order valence-electron chi connectivity index (χ4n) is 4.44. The van der Waals surface area contributed by atoms with Crippen LogP contribution in [0.15, 0.2) is 78.6 Å². The first-order chi connectivity index (χ1) is 17.9. The zero-order valence-electron chi connectivity index (χ0n) is 21.6. The van der Waals surface area contributed by atoms with E-state index < -0.39 is 17.7 Å². The van der Waals surface area contributed by atoms with Gasteiger partial charge in [-0.15, -0.1) is 0 Å². The van der Waals surface area contributed by atoms with Crippen molar-refractivity contribution in [3.63, 3.8) is 0 Å². The summed E-state index contributed by atoms with van der Waals surface area (Å²) in [6.07, 6.45) is 6.50. The molecular formula is C30H33N3O4. The van der Waals surface area contributed by atoms with Crippen LogP contribution in [0.4, 0.5) is 5.69 Å². The number of aromatic nitrogens is 1. The number of Topliss-reactive ketones (excluding diaryl/α,β-unsaturated/α-hetero) is 1. The molecule has 1 atom stereocenters. The molecule has 1 aliphatic heterocycles. The first kappa shape index (κ1) is 25.9. The zero-order valence-corrected chi connectivity index (χ0v) is 21.6. The molecular weight excluding hydrogens is 466 g/mol. The number of nitrogens with zero attached hydrogens (tertiary/aromatic N) is 3.